The molecule has 0 aliphatic heterocycles. The fourth-order valence-corrected chi connectivity index (χ4v) is 7.45. The lowest BCUT2D eigenvalue weighted by Gasteiger charge is -2.32. The van der Waals surface area contributed by atoms with Crippen LogP contribution in [0.1, 0.15) is 44.1 Å². The normalized spacial score (nSPS) is 16.8. The second-order valence-electron chi connectivity index (χ2n) is 10.1. The summed E-state index contributed by atoms with van der Waals surface area (Å²) in [5.41, 5.74) is 2.10. The van der Waals surface area contributed by atoms with E-state index in [1.807, 2.05) is 23.1 Å². The van der Waals surface area contributed by atoms with Gasteiger partial charge in [0.2, 0.25) is 5.91 Å². The van der Waals surface area contributed by atoms with Crippen LogP contribution in [0.2, 0.25) is 0 Å². The average Bonchev–Trinajstić information content (AvgIpc) is 3.27. The van der Waals surface area contributed by atoms with Crippen LogP contribution in [0.5, 0.6) is 0 Å². The molecule has 0 spiro atoms. The maximum Gasteiger partial charge on any atom is 0.311 e. The number of carboxylic acids is 1. The number of aromatic nitrogens is 4. The van der Waals surface area contributed by atoms with Crippen molar-refractivity contribution in [3.63, 3.8) is 0 Å². The van der Waals surface area contributed by atoms with Crippen LogP contribution in [0.3, 0.4) is 0 Å². The summed E-state index contributed by atoms with van der Waals surface area (Å²) in [6.45, 7) is 0.697. The second kappa shape index (κ2) is 9.64. The van der Waals surface area contributed by atoms with Crippen molar-refractivity contribution in [2.75, 3.05) is 6.54 Å². The van der Waals surface area contributed by atoms with Crippen molar-refractivity contribution in [3.8, 4) is 21.8 Å². The van der Waals surface area contributed by atoms with Crippen LogP contribution in [0.4, 0.5) is 0 Å². The molecule has 2 saturated carbocycles. The van der Waals surface area contributed by atoms with Gasteiger partial charge in [-0.05, 0) is 69.7 Å². The van der Waals surface area contributed by atoms with Crippen LogP contribution in [0.25, 0.3) is 31.9 Å². The molecule has 6 rings (SSSR count). The number of aromatic amines is 1. The van der Waals surface area contributed by atoms with Crippen molar-refractivity contribution in [3.05, 3.63) is 52.5 Å². The van der Waals surface area contributed by atoms with Gasteiger partial charge < -0.3 is 10.0 Å². The molecule has 2 aromatic heterocycles. The van der Waals surface area contributed by atoms with E-state index >= 15 is 0 Å². The summed E-state index contributed by atoms with van der Waals surface area (Å²) in [4.78, 5) is 28.4. The molecule has 2 heterocycles. The fourth-order valence-electron chi connectivity index (χ4n) is 5.42. The van der Waals surface area contributed by atoms with Crippen LogP contribution in [0.15, 0.2) is 46.9 Å². The van der Waals surface area contributed by atoms with Crippen LogP contribution in [-0.4, -0.2) is 49.1 Å². The number of hydrogen-bond donors (Lipinski definition) is 2. The Hall–Kier alpha value is -3.11. The predicted octanol–water partition coefficient (Wildman–Crippen LogP) is 5.89. The summed E-state index contributed by atoms with van der Waals surface area (Å²) in [7, 11) is 0. The Bertz CT molecular complexity index is 1470. The minimum Gasteiger partial charge on any atom is -0.481 e. The first-order valence-corrected chi connectivity index (χ1v) is 14.1. The number of nitrogens with zero attached hydrogens (tertiary/aromatic N) is 4. The predicted molar refractivity (Wildman–Crippen MR) is 145 cm³/mol. The lowest BCUT2D eigenvalue weighted by atomic mass is 9.85. The molecule has 0 saturated heterocycles. The minimum atomic E-state index is -0.829. The summed E-state index contributed by atoms with van der Waals surface area (Å²) in [5, 5.41) is 25.5. The summed E-state index contributed by atoms with van der Waals surface area (Å²) in [6, 6.07) is 14.3. The molecule has 0 atom stereocenters. The standard InChI is InChI=1S/C27H26BrN5O3S/c28-22-20-13-16(14-33(25(34)17-8-9-17)15-27(26(35)36)11-3-4-12-27)7-10-21(20)37-23(22)18-5-1-2-6-19(18)24-29-31-32-30-24/h1-2,5-7,10,13,17H,3-4,8-9,11-12,14-15H2,(H,35,36)(H,29,30,31,32). The monoisotopic (exact) mass is 579 g/mol. The van der Waals surface area contributed by atoms with E-state index in [2.05, 4.69) is 60.8 Å². The zero-order valence-corrected chi connectivity index (χ0v) is 22.5. The van der Waals surface area contributed by atoms with Crippen molar-refractivity contribution in [1.82, 2.24) is 25.5 Å². The van der Waals surface area contributed by atoms with E-state index in [-0.39, 0.29) is 18.4 Å². The highest BCUT2D eigenvalue weighted by atomic mass is 79.9. The molecule has 2 fully saturated rings. The van der Waals surface area contributed by atoms with Crippen molar-refractivity contribution in [1.29, 1.82) is 0 Å². The molecule has 190 valence electrons. The fraction of sp³-hybridized carbons (Fsp3) is 0.370. The molecule has 0 unspecified atom stereocenters. The van der Waals surface area contributed by atoms with Gasteiger partial charge in [0.15, 0.2) is 5.82 Å². The first-order valence-electron chi connectivity index (χ1n) is 12.5. The topological polar surface area (TPSA) is 112 Å². The van der Waals surface area contributed by atoms with Gasteiger partial charge in [-0.15, -0.1) is 16.4 Å². The first-order chi connectivity index (χ1) is 17.9. The van der Waals surface area contributed by atoms with Crippen LogP contribution >= 0.6 is 27.3 Å². The van der Waals surface area contributed by atoms with Gasteiger partial charge in [0, 0.05) is 44.7 Å². The van der Waals surface area contributed by atoms with Crippen LogP contribution in [0, 0.1) is 11.3 Å². The summed E-state index contributed by atoms with van der Waals surface area (Å²) < 4.78 is 2.10. The van der Waals surface area contributed by atoms with Gasteiger partial charge in [-0.2, -0.15) is 0 Å². The number of nitrogens with one attached hydrogen (secondary N) is 1. The molecular weight excluding hydrogens is 554 g/mol. The number of carbonyl (C=O) groups excluding carboxylic acids is 1. The highest BCUT2D eigenvalue weighted by Crippen LogP contribution is 2.46. The number of halogens is 1. The van der Waals surface area contributed by atoms with E-state index in [1.165, 1.54) is 0 Å². The smallest absolute Gasteiger partial charge is 0.311 e. The summed E-state index contributed by atoms with van der Waals surface area (Å²) in [6.07, 6.45) is 4.87. The van der Waals surface area contributed by atoms with E-state index in [0.29, 0.717) is 25.2 Å². The SMILES string of the molecule is O=C(C1CC1)N(Cc1ccc2sc(-c3ccccc3-c3nnn[nH]3)c(Br)c2c1)CC1(C(=O)O)CCCC1. The number of aliphatic carboxylic acids is 1. The largest absolute Gasteiger partial charge is 0.481 e. The van der Waals surface area contributed by atoms with Crippen LogP contribution in [-0.2, 0) is 16.1 Å². The molecule has 2 aliphatic rings. The number of hydrogen-bond acceptors (Lipinski definition) is 6. The zero-order valence-electron chi connectivity index (χ0n) is 20.1. The minimum absolute atomic E-state index is 0.0394. The number of carbonyl (C=O) groups is 2. The van der Waals surface area contributed by atoms with Gasteiger partial charge in [-0.25, -0.2) is 5.10 Å². The highest BCUT2D eigenvalue weighted by Gasteiger charge is 2.45. The lowest BCUT2D eigenvalue weighted by molar-refractivity contribution is -0.152. The van der Waals surface area contributed by atoms with Crippen LogP contribution < -0.4 is 0 Å². The third kappa shape index (κ3) is 4.57. The first kappa shape index (κ1) is 24.2. The second-order valence-corrected chi connectivity index (χ2v) is 12.0. The number of rotatable bonds is 8. The van der Waals surface area contributed by atoms with Gasteiger partial charge in [-0.1, -0.05) is 43.2 Å². The molecule has 8 nitrogen and oxygen atoms in total. The van der Waals surface area contributed by atoms with Gasteiger partial charge in [0.25, 0.3) is 0 Å². The van der Waals surface area contributed by atoms with Crippen molar-refractivity contribution < 1.29 is 14.7 Å². The molecule has 10 heteroatoms. The zero-order chi connectivity index (χ0) is 25.6. The number of thiophene rings is 1. The number of H-pyrrole nitrogens is 1. The number of tetrazole rings is 1. The Balaban J connectivity index is 1.34. The maximum absolute atomic E-state index is 13.2. The number of carboxylic acid groups (broad SMARTS) is 1. The van der Waals surface area contributed by atoms with E-state index in [9.17, 15) is 14.7 Å². The number of fused-ring (bicyclic) bond motifs is 1. The Morgan fingerprint density at radius 3 is 2.57 bits per heavy atom. The summed E-state index contributed by atoms with van der Waals surface area (Å²) in [5.74, 6) is -0.0427. The van der Waals surface area contributed by atoms with Gasteiger partial charge in [-0.3, -0.25) is 9.59 Å². The molecule has 0 bridgehead atoms. The highest BCUT2D eigenvalue weighted by molar-refractivity contribution is 9.10. The molecule has 0 radical (unpaired) electrons. The number of amides is 1. The Morgan fingerprint density at radius 1 is 1.14 bits per heavy atom. The molecule has 1 amide bonds. The lowest BCUT2D eigenvalue weighted by Crippen LogP contribution is -2.44. The molecule has 37 heavy (non-hydrogen) atoms. The molecular formula is C27H26BrN5O3S. The molecule has 4 aromatic rings. The van der Waals surface area contributed by atoms with E-state index in [4.69, 9.17) is 0 Å². The Kier molecular flexibility index (Phi) is 6.32. The molecule has 2 aromatic carbocycles. The Morgan fingerprint density at radius 2 is 1.89 bits per heavy atom. The van der Waals surface area contributed by atoms with E-state index < -0.39 is 11.4 Å². The molecule has 2 N–H and O–H groups in total. The van der Waals surface area contributed by atoms with E-state index in [0.717, 1.165) is 61.8 Å². The Labute approximate surface area is 226 Å². The maximum atomic E-state index is 13.2. The quantitative estimate of drug-likeness (QED) is 0.269. The van der Waals surface area contributed by atoms with E-state index in [1.54, 1.807) is 11.3 Å². The third-order valence-electron chi connectivity index (χ3n) is 7.58. The average molecular weight is 581 g/mol. The van der Waals surface area contributed by atoms with Crippen molar-refractivity contribution in [2.24, 2.45) is 11.3 Å². The summed E-state index contributed by atoms with van der Waals surface area (Å²) >= 11 is 5.52. The third-order valence-corrected chi connectivity index (χ3v) is 9.87. The van der Waals surface area contributed by atoms with Gasteiger partial charge in [0.05, 0.1) is 10.3 Å². The van der Waals surface area contributed by atoms with Gasteiger partial charge in [0.1, 0.15) is 0 Å². The van der Waals surface area contributed by atoms with Crippen molar-refractivity contribution in [2.45, 2.75) is 45.1 Å². The molecule has 2 aliphatic carbocycles. The van der Waals surface area contributed by atoms with Gasteiger partial charge >= 0.3 is 5.97 Å². The van der Waals surface area contributed by atoms with Crippen molar-refractivity contribution >= 4 is 49.2 Å². The number of benzene rings is 2.